The van der Waals surface area contributed by atoms with Crippen LogP contribution < -0.4 is 0 Å². The summed E-state index contributed by atoms with van der Waals surface area (Å²) >= 11 is 0. The third-order valence-electron chi connectivity index (χ3n) is 3.56. The summed E-state index contributed by atoms with van der Waals surface area (Å²) in [4.78, 5) is 14.5. The van der Waals surface area contributed by atoms with Gasteiger partial charge in [0.2, 0.25) is 5.91 Å². The second-order valence-corrected chi connectivity index (χ2v) is 6.17. The molecule has 0 aliphatic rings. The van der Waals surface area contributed by atoms with Gasteiger partial charge in [-0.15, -0.1) is 0 Å². The first kappa shape index (κ1) is 17.0. The van der Waals surface area contributed by atoms with Crippen LogP contribution in [0.1, 0.15) is 31.4 Å². The quantitative estimate of drug-likeness (QED) is 0.721. The summed E-state index contributed by atoms with van der Waals surface area (Å²) in [5.74, 6) is 0.635. The smallest absolute Gasteiger partial charge is 0.226 e. The predicted molar refractivity (Wildman–Crippen MR) is 96.8 cm³/mol. The molecule has 1 amide bonds. The summed E-state index contributed by atoms with van der Waals surface area (Å²) < 4.78 is 0. The minimum atomic E-state index is 0.176. The topological polar surface area (TPSA) is 20.3 Å². The van der Waals surface area contributed by atoms with Crippen LogP contribution in [0.15, 0.2) is 66.7 Å². The van der Waals surface area contributed by atoms with E-state index < -0.39 is 0 Å². The first-order chi connectivity index (χ1) is 11.1. The van der Waals surface area contributed by atoms with Gasteiger partial charge >= 0.3 is 0 Å². The summed E-state index contributed by atoms with van der Waals surface area (Å²) in [5.41, 5.74) is 2.30. The Bertz CT molecular complexity index is 617. The number of amides is 1. The Morgan fingerprint density at radius 2 is 1.61 bits per heavy atom. The molecule has 0 aliphatic heterocycles. The molecule has 0 unspecified atom stereocenters. The Morgan fingerprint density at radius 1 is 1.00 bits per heavy atom. The molecule has 0 aliphatic carbocycles. The maximum atomic E-state index is 12.5. The van der Waals surface area contributed by atoms with E-state index in [-0.39, 0.29) is 5.91 Å². The van der Waals surface area contributed by atoms with Gasteiger partial charge in [0.05, 0.1) is 0 Å². The molecule has 0 bridgehead atoms. The van der Waals surface area contributed by atoms with Crippen LogP contribution in [0.2, 0.25) is 0 Å². The molecule has 0 atom stereocenters. The van der Waals surface area contributed by atoms with Crippen molar-refractivity contribution in [2.75, 3.05) is 6.54 Å². The monoisotopic (exact) mass is 307 g/mol. The van der Waals surface area contributed by atoms with Crippen LogP contribution in [0.25, 0.3) is 6.08 Å². The van der Waals surface area contributed by atoms with E-state index in [1.807, 2.05) is 65.6 Å². The number of carbonyl (C=O) groups is 1. The highest BCUT2D eigenvalue weighted by Crippen LogP contribution is 2.10. The summed E-state index contributed by atoms with van der Waals surface area (Å²) in [7, 11) is 0. The molecule has 2 nitrogen and oxygen atoms in total. The molecule has 120 valence electrons. The number of carbonyl (C=O) groups excluding carboxylic acids is 1. The maximum absolute atomic E-state index is 12.5. The van der Waals surface area contributed by atoms with Gasteiger partial charge in [-0.2, -0.15) is 0 Å². The fraction of sp³-hybridized carbons (Fsp3) is 0.286. The molecule has 0 radical (unpaired) electrons. The normalized spacial score (nSPS) is 11.1. The number of hydrogen-bond acceptors (Lipinski definition) is 1. The molecule has 0 spiro atoms. The fourth-order valence-corrected chi connectivity index (χ4v) is 2.49. The van der Waals surface area contributed by atoms with Crippen molar-refractivity contribution in [2.45, 2.75) is 26.8 Å². The van der Waals surface area contributed by atoms with E-state index in [9.17, 15) is 4.79 Å². The summed E-state index contributed by atoms with van der Waals surface area (Å²) in [6.45, 7) is 5.75. The highest BCUT2D eigenvalue weighted by molar-refractivity contribution is 5.78. The average Bonchev–Trinajstić information content (AvgIpc) is 2.56. The third-order valence-corrected chi connectivity index (χ3v) is 3.56. The van der Waals surface area contributed by atoms with Gasteiger partial charge in [-0.3, -0.25) is 4.79 Å². The van der Waals surface area contributed by atoms with Crippen LogP contribution in [0.3, 0.4) is 0 Å². The molecule has 2 rings (SSSR count). The molecular weight excluding hydrogens is 282 g/mol. The Morgan fingerprint density at radius 3 is 2.22 bits per heavy atom. The molecule has 0 saturated heterocycles. The lowest BCUT2D eigenvalue weighted by Crippen LogP contribution is -2.33. The molecule has 0 fully saturated rings. The van der Waals surface area contributed by atoms with Crippen molar-refractivity contribution in [3.05, 3.63) is 77.9 Å². The van der Waals surface area contributed by atoms with Gasteiger partial charge in [0.1, 0.15) is 0 Å². The number of nitrogens with zero attached hydrogens (tertiary/aromatic N) is 1. The van der Waals surface area contributed by atoms with Crippen LogP contribution >= 0.6 is 0 Å². The summed E-state index contributed by atoms with van der Waals surface area (Å²) in [6, 6.07) is 20.2. The average molecular weight is 307 g/mol. The molecule has 2 heteroatoms. The van der Waals surface area contributed by atoms with E-state index in [2.05, 4.69) is 26.0 Å². The van der Waals surface area contributed by atoms with Crippen LogP contribution in [-0.2, 0) is 11.3 Å². The van der Waals surface area contributed by atoms with Crippen molar-refractivity contribution in [1.82, 2.24) is 4.90 Å². The SMILES string of the molecule is CC(C)CN(Cc1ccccc1)C(=O)C/C=C/c1ccccc1. The maximum Gasteiger partial charge on any atom is 0.226 e. The molecule has 0 aromatic heterocycles. The predicted octanol–water partition coefficient (Wildman–Crippen LogP) is 4.77. The number of hydrogen-bond donors (Lipinski definition) is 0. The van der Waals surface area contributed by atoms with E-state index in [0.29, 0.717) is 18.9 Å². The van der Waals surface area contributed by atoms with Gasteiger partial charge in [0, 0.05) is 19.5 Å². The molecule has 2 aromatic carbocycles. The standard InChI is InChI=1S/C21H25NO/c1-18(2)16-22(17-20-12-7-4-8-13-20)21(23)15-9-14-19-10-5-3-6-11-19/h3-14,18H,15-17H2,1-2H3/b14-9+. The Kier molecular flexibility index (Phi) is 6.61. The lowest BCUT2D eigenvalue weighted by Gasteiger charge is -2.24. The molecule has 23 heavy (non-hydrogen) atoms. The van der Waals surface area contributed by atoms with Crippen molar-refractivity contribution in [3.8, 4) is 0 Å². The molecule has 2 aromatic rings. The van der Waals surface area contributed by atoms with Gasteiger partial charge < -0.3 is 4.90 Å². The number of benzene rings is 2. The highest BCUT2D eigenvalue weighted by Gasteiger charge is 2.14. The third kappa shape index (κ3) is 6.11. The lowest BCUT2D eigenvalue weighted by molar-refractivity contribution is -0.131. The van der Waals surface area contributed by atoms with Gasteiger partial charge in [-0.25, -0.2) is 0 Å². The zero-order chi connectivity index (χ0) is 16.5. The van der Waals surface area contributed by atoms with Crippen LogP contribution in [-0.4, -0.2) is 17.4 Å². The van der Waals surface area contributed by atoms with E-state index in [1.54, 1.807) is 0 Å². The van der Waals surface area contributed by atoms with Crippen LogP contribution in [0.5, 0.6) is 0 Å². The lowest BCUT2D eigenvalue weighted by atomic mass is 10.1. The summed E-state index contributed by atoms with van der Waals surface area (Å²) in [5, 5.41) is 0. The molecule has 0 N–H and O–H groups in total. The number of rotatable bonds is 7. The Balaban J connectivity index is 1.97. The first-order valence-corrected chi connectivity index (χ1v) is 8.18. The van der Waals surface area contributed by atoms with Crippen molar-refractivity contribution in [2.24, 2.45) is 5.92 Å². The van der Waals surface area contributed by atoms with Crippen molar-refractivity contribution in [3.63, 3.8) is 0 Å². The van der Waals surface area contributed by atoms with E-state index in [4.69, 9.17) is 0 Å². The first-order valence-electron chi connectivity index (χ1n) is 8.18. The van der Waals surface area contributed by atoms with E-state index in [1.165, 1.54) is 5.56 Å². The molecule has 0 saturated carbocycles. The fourth-order valence-electron chi connectivity index (χ4n) is 2.49. The second kappa shape index (κ2) is 8.94. The van der Waals surface area contributed by atoms with Gasteiger partial charge in [-0.1, -0.05) is 86.7 Å². The Labute approximate surface area is 139 Å². The molecular formula is C21H25NO. The van der Waals surface area contributed by atoms with Crippen molar-refractivity contribution < 1.29 is 4.79 Å². The van der Waals surface area contributed by atoms with Gasteiger partial charge in [0.25, 0.3) is 0 Å². The van der Waals surface area contributed by atoms with Gasteiger partial charge in [-0.05, 0) is 17.0 Å². The molecule has 0 heterocycles. The highest BCUT2D eigenvalue weighted by atomic mass is 16.2. The second-order valence-electron chi connectivity index (χ2n) is 6.17. The largest absolute Gasteiger partial charge is 0.338 e. The van der Waals surface area contributed by atoms with Gasteiger partial charge in [0.15, 0.2) is 0 Å². The minimum absolute atomic E-state index is 0.176. The van der Waals surface area contributed by atoms with Crippen LogP contribution in [0, 0.1) is 5.92 Å². The Hall–Kier alpha value is -2.35. The van der Waals surface area contributed by atoms with E-state index in [0.717, 1.165) is 12.1 Å². The van der Waals surface area contributed by atoms with Crippen molar-refractivity contribution >= 4 is 12.0 Å². The summed E-state index contributed by atoms with van der Waals surface area (Å²) in [6.07, 6.45) is 4.40. The van der Waals surface area contributed by atoms with Crippen LogP contribution in [0.4, 0.5) is 0 Å². The minimum Gasteiger partial charge on any atom is -0.338 e. The van der Waals surface area contributed by atoms with Crippen molar-refractivity contribution in [1.29, 1.82) is 0 Å². The zero-order valence-corrected chi connectivity index (χ0v) is 14.0. The van der Waals surface area contributed by atoms with E-state index >= 15 is 0 Å². The zero-order valence-electron chi connectivity index (χ0n) is 14.0.